The van der Waals surface area contributed by atoms with Crippen molar-refractivity contribution in [1.29, 1.82) is 0 Å². The molecule has 24 heavy (non-hydrogen) atoms. The van der Waals surface area contributed by atoms with Crippen LogP contribution in [0.25, 0.3) is 10.9 Å². The van der Waals surface area contributed by atoms with E-state index >= 15 is 0 Å². The topological polar surface area (TPSA) is 45.3 Å². The lowest BCUT2D eigenvalue weighted by Gasteiger charge is -2.27. The number of benzene rings is 2. The lowest BCUT2D eigenvalue weighted by molar-refractivity contribution is -0.131. The Morgan fingerprint density at radius 3 is 2.83 bits per heavy atom. The van der Waals surface area contributed by atoms with Crippen molar-refractivity contribution in [3.8, 4) is 5.75 Å². The van der Waals surface area contributed by atoms with Gasteiger partial charge in [0.25, 0.3) is 0 Å². The molecule has 1 amide bonds. The molecule has 4 rings (SSSR count). The zero-order valence-corrected chi connectivity index (χ0v) is 13.7. The number of carbonyl (C=O) groups is 1. The molecule has 2 aromatic carbocycles. The molecule has 2 heterocycles. The summed E-state index contributed by atoms with van der Waals surface area (Å²) in [4.78, 5) is 18.2. The average Bonchev–Trinajstić information content (AvgIpc) is 3.00. The molecule has 0 radical (unpaired) electrons. The molecule has 0 saturated heterocycles. The summed E-state index contributed by atoms with van der Waals surface area (Å²) in [5.74, 6) is 0.922. The maximum atomic E-state index is 12.8. The van der Waals surface area contributed by atoms with E-state index in [1.54, 1.807) is 7.11 Å². The number of hydrogen-bond acceptors (Lipinski definition) is 2. The highest BCUT2D eigenvalue weighted by atomic mass is 16.5. The van der Waals surface area contributed by atoms with Crippen LogP contribution in [-0.4, -0.2) is 29.4 Å². The van der Waals surface area contributed by atoms with Crippen molar-refractivity contribution >= 4 is 16.8 Å². The molecule has 4 heteroatoms. The number of aromatic amines is 1. The van der Waals surface area contributed by atoms with E-state index in [1.807, 2.05) is 41.3 Å². The van der Waals surface area contributed by atoms with Crippen LogP contribution in [0.5, 0.6) is 5.75 Å². The normalized spacial score (nSPS) is 13.8. The molecule has 122 valence electrons. The van der Waals surface area contributed by atoms with Gasteiger partial charge in [0.1, 0.15) is 5.75 Å². The second kappa shape index (κ2) is 6.04. The third kappa shape index (κ3) is 2.54. The number of aromatic nitrogens is 1. The number of amides is 1. The fraction of sp³-hybridized carbons (Fsp3) is 0.250. The Morgan fingerprint density at radius 1 is 1.17 bits per heavy atom. The average molecular weight is 320 g/mol. The van der Waals surface area contributed by atoms with Crippen LogP contribution in [-0.2, 0) is 24.2 Å². The highest BCUT2D eigenvalue weighted by Gasteiger charge is 2.24. The van der Waals surface area contributed by atoms with Gasteiger partial charge in [0.2, 0.25) is 5.91 Å². The van der Waals surface area contributed by atoms with Gasteiger partial charge in [-0.2, -0.15) is 0 Å². The Hall–Kier alpha value is -2.75. The van der Waals surface area contributed by atoms with Gasteiger partial charge in [-0.1, -0.05) is 36.4 Å². The third-order valence-electron chi connectivity index (χ3n) is 4.77. The summed E-state index contributed by atoms with van der Waals surface area (Å²) < 4.78 is 5.36. The molecule has 3 aromatic rings. The summed E-state index contributed by atoms with van der Waals surface area (Å²) in [6, 6.07) is 16.0. The number of H-pyrrole nitrogens is 1. The lowest BCUT2D eigenvalue weighted by Crippen LogP contribution is -2.36. The third-order valence-corrected chi connectivity index (χ3v) is 4.77. The Balaban J connectivity index is 1.57. The van der Waals surface area contributed by atoms with Crippen LogP contribution in [0.4, 0.5) is 0 Å². The zero-order chi connectivity index (χ0) is 16.5. The molecule has 1 aromatic heterocycles. The Bertz CT molecular complexity index is 898. The van der Waals surface area contributed by atoms with E-state index in [1.165, 1.54) is 16.6 Å². The first kappa shape index (κ1) is 14.8. The van der Waals surface area contributed by atoms with Crippen molar-refractivity contribution in [2.24, 2.45) is 0 Å². The van der Waals surface area contributed by atoms with Crippen LogP contribution >= 0.6 is 0 Å². The largest absolute Gasteiger partial charge is 0.496 e. The molecule has 0 fully saturated rings. The molecule has 0 saturated carbocycles. The van der Waals surface area contributed by atoms with Crippen LogP contribution < -0.4 is 4.74 Å². The van der Waals surface area contributed by atoms with Gasteiger partial charge in [-0.3, -0.25) is 4.79 Å². The second-order valence-electron chi connectivity index (χ2n) is 6.18. The maximum absolute atomic E-state index is 12.8. The van der Waals surface area contributed by atoms with E-state index in [4.69, 9.17) is 4.74 Å². The minimum atomic E-state index is 0.149. The number of rotatable bonds is 3. The van der Waals surface area contributed by atoms with E-state index in [-0.39, 0.29) is 5.91 Å². The van der Waals surface area contributed by atoms with Gasteiger partial charge < -0.3 is 14.6 Å². The summed E-state index contributed by atoms with van der Waals surface area (Å²) in [5.41, 5.74) is 4.61. The standard InChI is InChI=1S/C20H20N2O2/c1-24-19-9-5-2-6-14(19)12-20(23)22-11-10-18-16(13-22)15-7-3-4-8-17(15)21-18/h2-9,21H,10-13H2,1H3. The number of methoxy groups -OCH3 is 1. The fourth-order valence-electron chi connectivity index (χ4n) is 3.50. The number of para-hydroxylation sites is 2. The Labute approximate surface area is 141 Å². The Morgan fingerprint density at radius 2 is 1.96 bits per heavy atom. The Kier molecular flexibility index (Phi) is 3.73. The lowest BCUT2D eigenvalue weighted by atomic mass is 10.0. The van der Waals surface area contributed by atoms with E-state index in [2.05, 4.69) is 17.1 Å². The maximum Gasteiger partial charge on any atom is 0.227 e. The molecule has 4 nitrogen and oxygen atoms in total. The highest BCUT2D eigenvalue weighted by molar-refractivity contribution is 5.86. The molecule has 1 aliphatic rings. The summed E-state index contributed by atoms with van der Waals surface area (Å²) in [5, 5.41) is 1.22. The van der Waals surface area contributed by atoms with Gasteiger partial charge in [0.05, 0.1) is 13.5 Å². The first-order valence-electron chi connectivity index (χ1n) is 8.24. The van der Waals surface area contributed by atoms with Gasteiger partial charge in [-0.25, -0.2) is 0 Å². The molecular formula is C20H20N2O2. The number of fused-ring (bicyclic) bond motifs is 3. The number of nitrogens with zero attached hydrogens (tertiary/aromatic N) is 1. The first-order chi connectivity index (χ1) is 11.8. The van der Waals surface area contributed by atoms with Crippen LogP contribution in [0.1, 0.15) is 16.8 Å². The van der Waals surface area contributed by atoms with Crippen molar-refractivity contribution in [2.45, 2.75) is 19.4 Å². The van der Waals surface area contributed by atoms with Crippen LogP contribution in [0.15, 0.2) is 48.5 Å². The van der Waals surface area contributed by atoms with E-state index in [9.17, 15) is 4.79 Å². The molecule has 1 aliphatic heterocycles. The van der Waals surface area contributed by atoms with Gasteiger partial charge in [-0.05, 0) is 12.1 Å². The molecule has 0 aliphatic carbocycles. The molecule has 0 unspecified atom stereocenters. The van der Waals surface area contributed by atoms with Crippen molar-refractivity contribution in [1.82, 2.24) is 9.88 Å². The summed E-state index contributed by atoms with van der Waals surface area (Å²) in [6.07, 6.45) is 1.25. The minimum Gasteiger partial charge on any atom is -0.496 e. The first-order valence-corrected chi connectivity index (χ1v) is 8.24. The highest BCUT2D eigenvalue weighted by Crippen LogP contribution is 2.28. The van der Waals surface area contributed by atoms with Crippen molar-refractivity contribution in [2.75, 3.05) is 13.7 Å². The number of carbonyl (C=O) groups excluding carboxylic acids is 1. The van der Waals surface area contributed by atoms with Crippen molar-refractivity contribution in [3.05, 3.63) is 65.4 Å². The fourth-order valence-corrected chi connectivity index (χ4v) is 3.50. The summed E-state index contributed by atoms with van der Waals surface area (Å²) in [7, 11) is 1.64. The quantitative estimate of drug-likeness (QED) is 0.805. The van der Waals surface area contributed by atoms with E-state index in [0.717, 1.165) is 29.8 Å². The number of nitrogens with one attached hydrogen (secondary N) is 1. The monoisotopic (exact) mass is 320 g/mol. The smallest absolute Gasteiger partial charge is 0.227 e. The van der Waals surface area contributed by atoms with Gasteiger partial charge in [0, 0.05) is 47.2 Å². The van der Waals surface area contributed by atoms with Crippen molar-refractivity contribution < 1.29 is 9.53 Å². The van der Waals surface area contributed by atoms with Crippen LogP contribution in [0.2, 0.25) is 0 Å². The van der Waals surface area contributed by atoms with E-state index < -0.39 is 0 Å². The van der Waals surface area contributed by atoms with Gasteiger partial charge in [-0.15, -0.1) is 0 Å². The van der Waals surface area contributed by atoms with Crippen LogP contribution in [0.3, 0.4) is 0 Å². The van der Waals surface area contributed by atoms with Crippen molar-refractivity contribution in [3.63, 3.8) is 0 Å². The molecule has 0 bridgehead atoms. The van der Waals surface area contributed by atoms with Gasteiger partial charge in [0.15, 0.2) is 0 Å². The SMILES string of the molecule is COc1ccccc1CC(=O)N1CCc2[nH]c3ccccc3c2C1. The zero-order valence-electron chi connectivity index (χ0n) is 13.7. The molecule has 1 N–H and O–H groups in total. The summed E-state index contributed by atoms with van der Waals surface area (Å²) in [6.45, 7) is 1.43. The van der Waals surface area contributed by atoms with Gasteiger partial charge >= 0.3 is 0 Å². The number of ether oxygens (including phenoxy) is 1. The second-order valence-corrected chi connectivity index (χ2v) is 6.18. The summed E-state index contributed by atoms with van der Waals surface area (Å²) >= 11 is 0. The molecule has 0 atom stereocenters. The molecular weight excluding hydrogens is 300 g/mol. The molecule has 0 spiro atoms. The number of hydrogen-bond donors (Lipinski definition) is 1. The van der Waals surface area contributed by atoms with E-state index in [0.29, 0.717) is 13.0 Å². The predicted molar refractivity (Wildman–Crippen MR) is 94.1 cm³/mol. The van der Waals surface area contributed by atoms with Crippen LogP contribution in [0, 0.1) is 0 Å². The minimum absolute atomic E-state index is 0.149. The predicted octanol–water partition coefficient (Wildman–Crippen LogP) is 3.30.